The molecule has 1 aromatic rings. The van der Waals surface area contributed by atoms with Crippen LogP contribution < -0.4 is 0 Å². The van der Waals surface area contributed by atoms with Gasteiger partial charge in [-0.2, -0.15) is 13.2 Å². The van der Waals surface area contributed by atoms with E-state index in [-0.39, 0.29) is 50.3 Å². The molecule has 2 saturated heterocycles. The van der Waals surface area contributed by atoms with Gasteiger partial charge in [0.1, 0.15) is 0 Å². The highest BCUT2D eigenvalue weighted by atomic mass is 35.5. The monoisotopic (exact) mass is 524 g/mol. The van der Waals surface area contributed by atoms with E-state index in [0.29, 0.717) is 19.2 Å². The molecule has 10 nitrogen and oxygen atoms in total. The average Bonchev–Trinajstić information content (AvgIpc) is 3.24. The highest BCUT2D eigenvalue weighted by Gasteiger charge is 2.37. The van der Waals surface area contributed by atoms with Gasteiger partial charge in [0.05, 0.1) is 36.7 Å². The predicted octanol–water partition coefficient (Wildman–Crippen LogP) is 2.31. The Labute approximate surface area is 206 Å². The van der Waals surface area contributed by atoms with Gasteiger partial charge in [0.2, 0.25) is 5.91 Å². The number of nitrogens with zero attached hydrogens (tertiary/aromatic N) is 4. The minimum atomic E-state index is -4.75. The summed E-state index contributed by atoms with van der Waals surface area (Å²) in [4.78, 5) is 40.7. The number of nitro groups is 1. The maximum atomic E-state index is 13.2. The number of likely N-dealkylation sites (tertiary alicyclic amines) is 1. The van der Waals surface area contributed by atoms with Crippen molar-refractivity contribution in [2.45, 2.75) is 37.5 Å². The van der Waals surface area contributed by atoms with Crippen LogP contribution in [0.4, 0.5) is 23.7 Å². The van der Waals surface area contributed by atoms with Gasteiger partial charge in [0.25, 0.3) is 5.69 Å². The van der Waals surface area contributed by atoms with Crippen molar-refractivity contribution in [2.75, 3.05) is 46.4 Å². The Balaban J connectivity index is 0.00000432. The summed E-state index contributed by atoms with van der Waals surface area (Å²) in [7, 11) is 1.25. The van der Waals surface area contributed by atoms with E-state index in [1.54, 1.807) is 0 Å². The summed E-state index contributed by atoms with van der Waals surface area (Å²) < 4.78 is 43.8. The second-order valence-corrected chi connectivity index (χ2v) is 8.41. The van der Waals surface area contributed by atoms with Crippen LogP contribution in [0.2, 0.25) is 0 Å². The second kappa shape index (κ2) is 11.9. The summed E-state index contributed by atoms with van der Waals surface area (Å²) in [5, 5.41) is 21.0. The topological polar surface area (TPSA) is 116 Å². The first kappa shape index (κ1) is 28.6. The summed E-state index contributed by atoms with van der Waals surface area (Å²) >= 11 is 0. The van der Waals surface area contributed by atoms with Crippen molar-refractivity contribution in [3.05, 3.63) is 39.4 Å². The number of carbonyl (C=O) groups excluding carboxylic acids is 2. The van der Waals surface area contributed by atoms with Crippen LogP contribution >= 0.6 is 12.4 Å². The van der Waals surface area contributed by atoms with Crippen molar-refractivity contribution >= 4 is 30.1 Å². The molecule has 2 fully saturated rings. The lowest BCUT2D eigenvalue weighted by Gasteiger charge is -2.43. The van der Waals surface area contributed by atoms with Crippen LogP contribution in [-0.4, -0.2) is 95.3 Å². The molecule has 0 aliphatic carbocycles. The zero-order valence-electron chi connectivity index (χ0n) is 19.1. The number of aliphatic hydroxyl groups is 1. The molecular formula is C21H28ClF3N4O6. The first-order valence-corrected chi connectivity index (χ1v) is 10.9. The molecule has 0 radical (unpaired) electrons. The van der Waals surface area contributed by atoms with Crippen LogP contribution in [0.3, 0.4) is 0 Å². The number of hydrogen-bond donors (Lipinski definition) is 1. The molecular weight excluding hydrogens is 497 g/mol. The summed E-state index contributed by atoms with van der Waals surface area (Å²) in [6, 6.07) is 1.58. The number of carbonyl (C=O) groups is 2. The second-order valence-electron chi connectivity index (χ2n) is 8.41. The predicted molar refractivity (Wildman–Crippen MR) is 120 cm³/mol. The lowest BCUT2D eigenvalue weighted by atomic mass is 10.0. The Morgan fingerprint density at radius 3 is 2.54 bits per heavy atom. The minimum absolute atomic E-state index is 0. The number of amides is 2. The van der Waals surface area contributed by atoms with Crippen molar-refractivity contribution < 1.29 is 37.5 Å². The SMILES string of the molecule is COC(=O)N1CCN(C(=O)Cc2ccc(C(F)(F)F)cc2[N+](=O)[O-])C(CN2CCCC2CO)C1.Cl. The van der Waals surface area contributed by atoms with Gasteiger partial charge in [-0.05, 0) is 25.5 Å². The fraction of sp³-hybridized carbons (Fsp3) is 0.619. The highest BCUT2D eigenvalue weighted by molar-refractivity contribution is 5.85. The number of rotatable bonds is 6. The Hall–Kier alpha value is -2.64. The maximum Gasteiger partial charge on any atom is 0.416 e. The van der Waals surface area contributed by atoms with E-state index in [1.807, 2.05) is 4.90 Å². The van der Waals surface area contributed by atoms with E-state index in [4.69, 9.17) is 4.74 Å². The number of aliphatic hydroxyl groups excluding tert-OH is 1. The largest absolute Gasteiger partial charge is 0.453 e. The fourth-order valence-electron chi connectivity index (χ4n) is 4.57. The molecule has 2 atom stereocenters. The van der Waals surface area contributed by atoms with E-state index in [0.717, 1.165) is 25.0 Å². The third-order valence-corrected chi connectivity index (χ3v) is 6.34. The minimum Gasteiger partial charge on any atom is -0.453 e. The van der Waals surface area contributed by atoms with Crippen LogP contribution in [0.25, 0.3) is 0 Å². The van der Waals surface area contributed by atoms with Crippen molar-refractivity contribution in [3.63, 3.8) is 0 Å². The molecule has 2 aliphatic rings. The number of benzene rings is 1. The standard InChI is InChI=1S/C21H27F3N4O6.ClH/c1-34-20(31)26-7-8-27(17(12-26)11-25-6-2-3-16(25)13-29)19(30)9-14-4-5-15(21(22,23)24)10-18(14)28(32)33;/h4-5,10,16-17,29H,2-3,6-9,11-13H2,1H3;1H. The molecule has 1 aromatic carbocycles. The fourth-order valence-corrected chi connectivity index (χ4v) is 4.57. The zero-order valence-corrected chi connectivity index (χ0v) is 19.9. The number of nitro benzene ring substituents is 1. The molecule has 2 aliphatic heterocycles. The summed E-state index contributed by atoms with van der Waals surface area (Å²) in [6.45, 7) is 1.55. The van der Waals surface area contributed by atoms with E-state index in [2.05, 4.69) is 0 Å². The highest BCUT2D eigenvalue weighted by Crippen LogP contribution is 2.33. The number of methoxy groups -OCH3 is 1. The lowest BCUT2D eigenvalue weighted by molar-refractivity contribution is -0.385. The van der Waals surface area contributed by atoms with Crippen molar-refractivity contribution in [3.8, 4) is 0 Å². The van der Waals surface area contributed by atoms with E-state index in [9.17, 15) is 38.0 Å². The molecule has 3 rings (SSSR count). The van der Waals surface area contributed by atoms with E-state index < -0.39 is 46.8 Å². The number of hydrogen-bond acceptors (Lipinski definition) is 7. The summed E-state index contributed by atoms with van der Waals surface area (Å²) in [6.07, 6.45) is -4.07. The van der Waals surface area contributed by atoms with Crippen LogP contribution in [-0.2, 0) is 22.1 Å². The summed E-state index contributed by atoms with van der Waals surface area (Å²) in [5.74, 6) is -0.489. The average molecular weight is 525 g/mol. The van der Waals surface area contributed by atoms with Crippen LogP contribution in [0.1, 0.15) is 24.0 Å². The molecule has 2 unspecified atom stereocenters. The Morgan fingerprint density at radius 1 is 1.23 bits per heavy atom. The van der Waals surface area contributed by atoms with Crippen LogP contribution in [0.5, 0.6) is 0 Å². The number of alkyl halides is 3. The third kappa shape index (κ3) is 6.73. The van der Waals surface area contributed by atoms with Crippen molar-refractivity contribution in [1.82, 2.24) is 14.7 Å². The van der Waals surface area contributed by atoms with Gasteiger partial charge in [0.15, 0.2) is 0 Å². The molecule has 0 spiro atoms. The molecule has 196 valence electrons. The van der Waals surface area contributed by atoms with Gasteiger partial charge in [-0.3, -0.25) is 19.8 Å². The molecule has 14 heteroatoms. The van der Waals surface area contributed by atoms with Crippen LogP contribution in [0, 0.1) is 10.1 Å². The quantitative estimate of drug-likeness (QED) is 0.448. The van der Waals surface area contributed by atoms with Crippen molar-refractivity contribution in [2.24, 2.45) is 0 Å². The molecule has 0 bridgehead atoms. The number of ether oxygens (including phenoxy) is 1. The van der Waals surface area contributed by atoms with Gasteiger partial charge in [-0.25, -0.2) is 4.79 Å². The molecule has 0 saturated carbocycles. The third-order valence-electron chi connectivity index (χ3n) is 6.34. The zero-order chi connectivity index (χ0) is 25.0. The van der Waals surface area contributed by atoms with E-state index >= 15 is 0 Å². The Bertz CT molecular complexity index is 935. The number of piperazine rings is 1. The van der Waals surface area contributed by atoms with Gasteiger partial charge < -0.3 is 19.6 Å². The Kier molecular flexibility index (Phi) is 9.69. The smallest absolute Gasteiger partial charge is 0.416 e. The maximum absolute atomic E-state index is 13.2. The van der Waals surface area contributed by atoms with Gasteiger partial charge in [0, 0.05) is 43.9 Å². The molecule has 2 heterocycles. The molecule has 0 aromatic heterocycles. The molecule has 35 heavy (non-hydrogen) atoms. The van der Waals surface area contributed by atoms with Gasteiger partial charge in [-0.1, -0.05) is 6.07 Å². The van der Waals surface area contributed by atoms with Gasteiger partial charge in [-0.15, -0.1) is 12.4 Å². The van der Waals surface area contributed by atoms with Crippen LogP contribution in [0.15, 0.2) is 18.2 Å². The number of halogens is 4. The van der Waals surface area contributed by atoms with Gasteiger partial charge >= 0.3 is 12.3 Å². The summed E-state index contributed by atoms with van der Waals surface area (Å²) in [5.41, 5.74) is -2.05. The first-order chi connectivity index (χ1) is 16.0. The van der Waals surface area contributed by atoms with E-state index in [1.165, 1.54) is 16.9 Å². The van der Waals surface area contributed by atoms with Crippen molar-refractivity contribution in [1.29, 1.82) is 0 Å². The lowest BCUT2D eigenvalue weighted by Crippen LogP contribution is -2.60. The first-order valence-electron chi connectivity index (χ1n) is 10.9. The molecule has 2 amide bonds. The Morgan fingerprint density at radius 2 is 1.94 bits per heavy atom. The normalized spacial score (nSPS) is 20.9. The molecule has 1 N–H and O–H groups in total.